The fraction of sp³-hybridized carbons (Fsp3) is 1.00. The molecule has 0 saturated carbocycles. The topological polar surface area (TPSA) is 57.5 Å². The highest BCUT2D eigenvalue weighted by molar-refractivity contribution is 7.51. The Balaban J connectivity index is 3.02. The van der Waals surface area contributed by atoms with E-state index in [4.69, 9.17) is 21.4 Å². The largest absolute Gasteiger partial charge is 0.325 e. The Hall–Kier alpha value is 0.440. The van der Waals surface area contributed by atoms with Crippen molar-refractivity contribution in [3.8, 4) is 0 Å². The van der Waals surface area contributed by atoms with Crippen LogP contribution in [0.25, 0.3) is 0 Å². The van der Waals surface area contributed by atoms with Crippen LogP contribution in [0.2, 0.25) is 0 Å². The molecule has 0 spiro atoms. The Morgan fingerprint density at radius 3 is 1.60 bits per heavy atom. The Morgan fingerprint density at radius 2 is 1.20 bits per heavy atom. The van der Waals surface area contributed by atoms with Gasteiger partial charge < -0.3 is 9.79 Å². The lowest BCUT2D eigenvalue weighted by Gasteiger charge is -2.03. The molecule has 0 aliphatic rings. The van der Waals surface area contributed by atoms with Crippen LogP contribution in [0.1, 0.15) is 51.4 Å². The van der Waals surface area contributed by atoms with Crippen LogP contribution in [0.4, 0.5) is 0 Å². The molecule has 0 aromatic heterocycles. The summed E-state index contributed by atoms with van der Waals surface area (Å²) in [7, 11) is -3.75. The summed E-state index contributed by atoms with van der Waals surface area (Å²) < 4.78 is 10.5. The Bertz CT molecular complexity index is 182. The molecule has 0 radical (unpaired) electrons. The third-order valence-corrected chi connectivity index (χ3v) is 3.50. The summed E-state index contributed by atoms with van der Waals surface area (Å²) in [5, 5.41) is 0. The molecule has 0 bridgehead atoms. The third-order valence-electron chi connectivity index (χ3n) is 2.33. The molecule has 5 heteroatoms. The summed E-state index contributed by atoms with van der Waals surface area (Å²) in [6.07, 6.45) is 8.61. The maximum atomic E-state index is 10.5. The summed E-state index contributed by atoms with van der Waals surface area (Å²) in [6.45, 7) is 0. The van der Waals surface area contributed by atoms with Crippen LogP contribution >= 0.6 is 19.2 Å². The highest BCUT2D eigenvalue weighted by atomic mass is 35.5. The van der Waals surface area contributed by atoms with Gasteiger partial charge in [-0.15, -0.1) is 11.6 Å². The van der Waals surface area contributed by atoms with E-state index in [2.05, 4.69) is 0 Å². The van der Waals surface area contributed by atoms with Crippen molar-refractivity contribution in [3.63, 3.8) is 0 Å². The molecule has 0 rings (SSSR count). The zero-order chi connectivity index (χ0) is 11.6. The van der Waals surface area contributed by atoms with Crippen LogP contribution in [0, 0.1) is 0 Å². The molecule has 0 aliphatic heterocycles. The Kier molecular flexibility index (Phi) is 9.93. The monoisotopic (exact) mass is 256 g/mol. The van der Waals surface area contributed by atoms with Gasteiger partial charge >= 0.3 is 7.60 Å². The van der Waals surface area contributed by atoms with Crippen LogP contribution in [-0.4, -0.2) is 21.8 Å². The average Bonchev–Trinajstić information content (AvgIpc) is 2.14. The van der Waals surface area contributed by atoms with Crippen LogP contribution in [0.3, 0.4) is 0 Å². The van der Waals surface area contributed by atoms with E-state index in [1.54, 1.807) is 0 Å². The predicted molar refractivity (Wildman–Crippen MR) is 64.6 cm³/mol. The van der Waals surface area contributed by atoms with Gasteiger partial charge in [0.15, 0.2) is 0 Å². The molecule has 0 aromatic carbocycles. The summed E-state index contributed by atoms with van der Waals surface area (Å²) in [5.74, 6) is 0.752. The SMILES string of the molecule is O=P(O)(O)CCCCCCCCCCCl. The molecule has 15 heavy (non-hydrogen) atoms. The van der Waals surface area contributed by atoms with Gasteiger partial charge in [0.25, 0.3) is 0 Å². The number of hydrogen-bond acceptors (Lipinski definition) is 1. The smallest absolute Gasteiger partial charge is 0.324 e. The van der Waals surface area contributed by atoms with Crippen molar-refractivity contribution in [1.29, 1.82) is 0 Å². The van der Waals surface area contributed by atoms with Gasteiger partial charge in [0.2, 0.25) is 0 Å². The minimum Gasteiger partial charge on any atom is -0.324 e. The third kappa shape index (κ3) is 14.4. The van der Waals surface area contributed by atoms with Crippen molar-refractivity contribution in [1.82, 2.24) is 0 Å². The highest BCUT2D eigenvalue weighted by Crippen LogP contribution is 2.35. The van der Waals surface area contributed by atoms with E-state index in [-0.39, 0.29) is 6.16 Å². The highest BCUT2D eigenvalue weighted by Gasteiger charge is 2.10. The van der Waals surface area contributed by atoms with Gasteiger partial charge in [-0.05, 0) is 12.8 Å². The first-order chi connectivity index (χ1) is 7.06. The van der Waals surface area contributed by atoms with Gasteiger partial charge in [0, 0.05) is 12.0 Å². The van der Waals surface area contributed by atoms with E-state index in [0.717, 1.165) is 25.1 Å². The van der Waals surface area contributed by atoms with Crippen molar-refractivity contribution in [2.24, 2.45) is 0 Å². The Morgan fingerprint density at radius 1 is 0.800 bits per heavy atom. The molecule has 0 aromatic rings. The second-order valence-electron chi connectivity index (χ2n) is 3.91. The molecule has 92 valence electrons. The van der Waals surface area contributed by atoms with Gasteiger partial charge in [-0.25, -0.2) is 0 Å². The molecule has 2 N–H and O–H groups in total. The first-order valence-corrected chi connectivity index (χ1v) is 8.00. The average molecular weight is 257 g/mol. The van der Waals surface area contributed by atoms with Gasteiger partial charge in [-0.2, -0.15) is 0 Å². The fourth-order valence-corrected chi connectivity index (χ4v) is 2.30. The number of rotatable bonds is 10. The number of hydrogen-bond donors (Lipinski definition) is 2. The summed E-state index contributed by atoms with van der Waals surface area (Å²) in [6, 6.07) is 0. The van der Waals surface area contributed by atoms with Crippen LogP contribution < -0.4 is 0 Å². The lowest BCUT2D eigenvalue weighted by molar-refractivity contribution is 0.370. The Labute approximate surface area is 97.4 Å². The van der Waals surface area contributed by atoms with Crippen LogP contribution in [0.5, 0.6) is 0 Å². The number of alkyl halides is 1. The van der Waals surface area contributed by atoms with Crippen molar-refractivity contribution in [2.45, 2.75) is 51.4 Å². The van der Waals surface area contributed by atoms with Gasteiger partial charge in [-0.3, -0.25) is 4.57 Å². The molecule has 0 atom stereocenters. The number of halogens is 1. The molecular formula is C10H22ClO3P. The zero-order valence-corrected chi connectivity index (χ0v) is 10.8. The van der Waals surface area contributed by atoms with E-state index < -0.39 is 7.60 Å². The molecule has 0 fully saturated rings. The maximum absolute atomic E-state index is 10.5. The van der Waals surface area contributed by atoms with E-state index >= 15 is 0 Å². The summed E-state index contributed by atoms with van der Waals surface area (Å²) in [4.78, 5) is 17.2. The second-order valence-corrected chi connectivity index (χ2v) is 6.06. The predicted octanol–water partition coefficient (Wildman–Crippen LogP) is 3.52. The minimum absolute atomic E-state index is 0.0409. The quantitative estimate of drug-likeness (QED) is 0.357. The fourth-order valence-electron chi connectivity index (χ4n) is 1.47. The summed E-state index contributed by atoms with van der Waals surface area (Å²) >= 11 is 5.55. The van der Waals surface area contributed by atoms with E-state index in [1.165, 1.54) is 25.7 Å². The number of unbranched alkanes of at least 4 members (excludes halogenated alkanes) is 7. The van der Waals surface area contributed by atoms with Crippen molar-refractivity contribution in [3.05, 3.63) is 0 Å². The van der Waals surface area contributed by atoms with E-state index in [9.17, 15) is 4.57 Å². The zero-order valence-electron chi connectivity index (χ0n) is 9.20. The lowest BCUT2D eigenvalue weighted by atomic mass is 10.1. The first kappa shape index (κ1) is 15.4. The second kappa shape index (κ2) is 9.65. The van der Waals surface area contributed by atoms with Crippen LogP contribution in [-0.2, 0) is 4.57 Å². The maximum Gasteiger partial charge on any atom is 0.325 e. The summed E-state index contributed by atoms with van der Waals surface area (Å²) in [5.41, 5.74) is 0. The van der Waals surface area contributed by atoms with Crippen LogP contribution in [0.15, 0.2) is 0 Å². The molecule has 0 unspecified atom stereocenters. The van der Waals surface area contributed by atoms with Crippen molar-refractivity contribution < 1.29 is 14.4 Å². The molecular weight excluding hydrogens is 235 g/mol. The molecule has 0 amide bonds. The molecule has 0 heterocycles. The standard InChI is InChI=1S/C10H22ClO3P/c11-9-7-5-3-1-2-4-6-8-10-15(12,13)14/h1-10H2,(H2,12,13,14). The minimum atomic E-state index is -3.75. The van der Waals surface area contributed by atoms with E-state index in [0.29, 0.717) is 6.42 Å². The first-order valence-electron chi connectivity index (χ1n) is 5.67. The molecule has 3 nitrogen and oxygen atoms in total. The van der Waals surface area contributed by atoms with Crippen molar-refractivity contribution >= 4 is 19.2 Å². The lowest BCUT2D eigenvalue weighted by Crippen LogP contribution is -1.88. The molecule has 0 saturated heterocycles. The van der Waals surface area contributed by atoms with Gasteiger partial charge in [0.1, 0.15) is 0 Å². The molecule has 0 aliphatic carbocycles. The normalized spacial score (nSPS) is 11.9. The van der Waals surface area contributed by atoms with Crippen molar-refractivity contribution in [2.75, 3.05) is 12.0 Å². The van der Waals surface area contributed by atoms with Gasteiger partial charge in [-0.1, -0.05) is 38.5 Å². The van der Waals surface area contributed by atoms with E-state index in [1.807, 2.05) is 0 Å². The van der Waals surface area contributed by atoms with Gasteiger partial charge in [0.05, 0.1) is 0 Å².